The van der Waals surface area contributed by atoms with Crippen molar-refractivity contribution in [3.05, 3.63) is 48.2 Å². The number of benzene rings is 2. The van der Waals surface area contributed by atoms with Gasteiger partial charge in [0.2, 0.25) is 11.9 Å². The van der Waals surface area contributed by atoms with E-state index in [2.05, 4.69) is 44.5 Å². The number of hydrogen-bond acceptors (Lipinski definition) is 9. The molecule has 1 saturated carbocycles. The van der Waals surface area contributed by atoms with Crippen LogP contribution in [0.15, 0.2) is 37.1 Å². The van der Waals surface area contributed by atoms with E-state index in [0.29, 0.717) is 74.0 Å². The molecule has 1 spiro atoms. The molecule has 1 amide bonds. The number of aromatic nitrogens is 4. The third kappa shape index (κ3) is 6.07. The molecule has 2 N–H and O–H groups in total. The summed E-state index contributed by atoms with van der Waals surface area (Å²) in [6.07, 6.45) is 2.49. The smallest absolute Gasteiger partial charge is 0.422 e. The van der Waals surface area contributed by atoms with E-state index in [-0.39, 0.29) is 41.2 Å². The van der Waals surface area contributed by atoms with E-state index in [1.54, 1.807) is 6.20 Å². The Bertz CT molecular complexity index is 2090. The lowest BCUT2D eigenvalue weighted by Gasteiger charge is -2.54. The lowest BCUT2D eigenvalue weighted by atomic mass is 9.72. The average molecular weight is 731 g/mol. The van der Waals surface area contributed by atoms with E-state index in [4.69, 9.17) is 14.7 Å². The minimum Gasteiger partial charge on any atom is -0.481 e. The third-order valence-corrected chi connectivity index (χ3v) is 12.3. The number of fused-ring (bicyclic) bond motifs is 2. The topological polar surface area (TPSA) is 114 Å². The normalized spacial score (nSPS) is 23.5. The number of hydrogen-bond donors (Lipinski definition) is 2. The number of ether oxygens (including phenoxy) is 1. The number of H-pyrrole nitrogens is 1. The van der Waals surface area contributed by atoms with Crippen LogP contribution >= 0.6 is 0 Å². The van der Waals surface area contributed by atoms with Crippen LogP contribution in [0.2, 0.25) is 0 Å². The van der Waals surface area contributed by atoms with Crippen LogP contribution in [-0.4, -0.2) is 118 Å². The molecular formula is C39H45F3N8O3. The van der Waals surface area contributed by atoms with Crippen LogP contribution in [0.5, 0.6) is 5.75 Å². The number of aromatic amines is 1. The molecule has 6 heterocycles. The fraction of sp³-hybridized carbons (Fsp3) is 0.538. The molecule has 14 heteroatoms. The Labute approximate surface area is 305 Å². The summed E-state index contributed by atoms with van der Waals surface area (Å²) in [7, 11) is 0. The molecule has 0 bridgehead atoms. The maximum absolute atomic E-state index is 14.1. The van der Waals surface area contributed by atoms with Gasteiger partial charge in [0.15, 0.2) is 12.4 Å². The van der Waals surface area contributed by atoms with Crippen LogP contribution in [0.1, 0.15) is 56.1 Å². The first-order valence-corrected chi connectivity index (χ1v) is 18.8. The largest absolute Gasteiger partial charge is 0.481 e. The summed E-state index contributed by atoms with van der Waals surface area (Å²) in [5.41, 5.74) is 4.49. The predicted molar refractivity (Wildman–Crippen MR) is 196 cm³/mol. The van der Waals surface area contributed by atoms with Gasteiger partial charge in [-0.1, -0.05) is 12.6 Å². The highest BCUT2D eigenvalue weighted by molar-refractivity contribution is 6.06. The fourth-order valence-corrected chi connectivity index (χ4v) is 9.26. The van der Waals surface area contributed by atoms with E-state index >= 15 is 0 Å². The van der Waals surface area contributed by atoms with Gasteiger partial charge in [-0.2, -0.15) is 23.3 Å². The molecule has 0 unspecified atom stereocenters. The van der Waals surface area contributed by atoms with Gasteiger partial charge in [0, 0.05) is 79.6 Å². The number of carbonyl (C=O) groups excluding carboxylic acids is 1. The first kappa shape index (κ1) is 34.3. The quantitative estimate of drug-likeness (QED) is 0.225. The zero-order valence-corrected chi connectivity index (χ0v) is 30.1. The van der Waals surface area contributed by atoms with Crippen molar-refractivity contribution in [2.75, 3.05) is 62.2 Å². The van der Waals surface area contributed by atoms with E-state index in [9.17, 15) is 23.1 Å². The number of rotatable bonds is 8. The number of piperidine rings is 1. The van der Waals surface area contributed by atoms with Crippen LogP contribution in [0.25, 0.3) is 32.9 Å². The van der Waals surface area contributed by atoms with Gasteiger partial charge >= 0.3 is 6.18 Å². The summed E-state index contributed by atoms with van der Waals surface area (Å²) in [6, 6.07) is 6.49. The number of β-amino-alcohol motifs (C(OH)–C–C–N with tert-alkyl or cyclic N) is 1. The molecule has 2 aromatic heterocycles. The number of nitrogens with one attached hydrogen (secondary N) is 1. The maximum Gasteiger partial charge on any atom is 0.422 e. The van der Waals surface area contributed by atoms with Crippen molar-refractivity contribution in [2.45, 2.75) is 76.2 Å². The van der Waals surface area contributed by atoms with E-state index in [1.165, 1.54) is 6.08 Å². The number of likely N-dealkylation sites (tertiary alicyclic amines) is 2. The first-order chi connectivity index (χ1) is 25.4. The fourth-order valence-electron chi connectivity index (χ4n) is 9.26. The number of aliphatic hydroxyl groups excluding tert-OH is 1. The predicted octanol–water partition coefficient (Wildman–Crippen LogP) is 5.56. The molecule has 280 valence electrons. The number of aryl methyl sites for hydroxylation is 1. The Balaban J connectivity index is 1.18. The molecule has 5 fully saturated rings. The minimum atomic E-state index is -4.57. The zero-order chi connectivity index (χ0) is 36.8. The Hall–Kier alpha value is -4.43. The van der Waals surface area contributed by atoms with E-state index < -0.39 is 12.8 Å². The summed E-state index contributed by atoms with van der Waals surface area (Å²) in [6.45, 7) is 11.0. The second-order valence-electron chi connectivity index (χ2n) is 16.1. The van der Waals surface area contributed by atoms with Gasteiger partial charge in [-0.25, -0.2) is 4.98 Å². The van der Waals surface area contributed by atoms with Crippen molar-refractivity contribution in [3.63, 3.8) is 0 Å². The highest BCUT2D eigenvalue weighted by atomic mass is 19.4. The second kappa shape index (κ2) is 12.6. The molecule has 2 atom stereocenters. The van der Waals surface area contributed by atoms with Gasteiger partial charge < -0.3 is 24.5 Å². The number of alkyl halides is 3. The van der Waals surface area contributed by atoms with Crippen molar-refractivity contribution < 1.29 is 27.8 Å². The molecule has 53 heavy (non-hydrogen) atoms. The van der Waals surface area contributed by atoms with Crippen LogP contribution in [0.3, 0.4) is 0 Å². The Morgan fingerprint density at radius 2 is 1.85 bits per heavy atom. The van der Waals surface area contributed by atoms with Crippen LogP contribution < -0.4 is 14.5 Å². The van der Waals surface area contributed by atoms with Crippen molar-refractivity contribution in [2.24, 2.45) is 5.41 Å². The molecule has 4 aliphatic heterocycles. The molecule has 9 rings (SSSR count). The Morgan fingerprint density at radius 1 is 1.09 bits per heavy atom. The molecule has 0 radical (unpaired) electrons. The summed E-state index contributed by atoms with van der Waals surface area (Å²) in [5, 5.41) is 19.1. The number of anilines is 2. The highest BCUT2D eigenvalue weighted by Crippen LogP contribution is 2.53. The van der Waals surface area contributed by atoms with Gasteiger partial charge in [-0.3, -0.25) is 14.8 Å². The van der Waals surface area contributed by atoms with Gasteiger partial charge in [-0.15, -0.1) is 0 Å². The van der Waals surface area contributed by atoms with Crippen LogP contribution in [0, 0.1) is 12.3 Å². The SMILES string of the molecule is C=CC(=O)N1CC2(CCN(c3nc(N4CC(N5C[C@H](O)C[C@H]5C)C4)nc4c(OCC(F)(F)F)c(-c5c(C)ccc6[nH]ncc56)c(C5CC5)cc34)CC2)C1. The molecular weight excluding hydrogens is 685 g/mol. The maximum atomic E-state index is 14.1. The van der Waals surface area contributed by atoms with Crippen molar-refractivity contribution in [1.82, 2.24) is 30.0 Å². The van der Waals surface area contributed by atoms with E-state index in [0.717, 1.165) is 59.7 Å². The van der Waals surface area contributed by atoms with Gasteiger partial charge in [-0.05, 0) is 86.8 Å². The third-order valence-electron chi connectivity index (χ3n) is 12.3. The first-order valence-electron chi connectivity index (χ1n) is 18.8. The van der Waals surface area contributed by atoms with Gasteiger partial charge in [0.1, 0.15) is 11.3 Å². The number of nitrogens with zero attached hydrogens (tertiary/aromatic N) is 7. The molecule has 5 aliphatic rings. The Morgan fingerprint density at radius 3 is 2.51 bits per heavy atom. The summed E-state index contributed by atoms with van der Waals surface area (Å²) >= 11 is 0. The van der Waals surface area contributed by atoms with E-state index in [1.807, 2.05) is 24.0 Å². The molecule has 1 aliphatic carbocycles. The number of aliphatic hydroxyl groups is 1. The van der Waals surface area contributed by atoms with Gasteiger partial charge in [0.25, 0.3) is 0 Å². The molecule has 11 nitrogen and oxygen atoms in total. The molecule has 4 aromatic rings. The molecule has 4 saturated heterocycles. The number of halogens is 3. The minimum absolute atomic E-state index is 0.0383. The standard InChI is InChI=1S/C39H45F3N8O3/c1-4-31(52)49-19-38(20-49)9-11-47(12-10-38)36-28-14-27(24-6-7-24)33(32-22(2)5-8-30-29(32)15-43-46-30)35(53-21-39(40,41)42)34(28)44-37(45-36)48-16-25(17-48)50-18-26(51)13-23(50)3/h4-5,8,14-15,23-26,51H,1,6-7,9-13,16-21H2,2-3H3,(H,43,46)/t23-,26-/m1/s1. The van der Waals surface area contributed by atoms with Crippen LogP contribution in [0.4, 0.5) is 24.9 Å². The lowest BCUT2D eigenvalue weighted by molar-refractivity contribution is -0.153. The van der Waals surface area contributed by atoms with Gasteiger partial charge in [0.05, 0.1) is 17.8 Å². The van der Waals surface area contributed by atoms with Crippen molar-refractivity contribution in [1.29, 1.82) is 0 Å². The van der Waals surface area contributed by atoms with Crippen LogP contribution in [-0.2, 0) is 4.79 Å². The van der Waals surface area contributed by atoms with Crippen molar-refractivity contribution >= 4 is 39.5 Å². The monoisotopic (exact) mass is 730 g/mol. The number of amides is 1. The molecule has 2 aromatic carbocycles. The Kier molecular flexibility index (Phi) is 8.15. The highest BCUT2D eigenvalue weighted by Gasteiger charge is 2.47. The zero-order valence-electron chi connectivity index (χ0n) is 30.1. The average Bonchev–Trinajstić information content (AvgIpc) is 3.74. The summed E-state index contributed by atoms with van der Waals surface area (Å²) < 4.78 is 48.2. The summed E-state index contributed by atoms with van der Waals surface area (Å²) in [5.74, 6) is 1.41. The van der Waals surface area contributed by atoms with Crippen molar-refractivity contribution in [3.8, 4) is 16.9 Å². The lowest BCUT2D eigenvalue weighted by Crippen LogP contribution is -2.62. The summed E-state index contributed by atoms with van der Waals surface area (Å²) in [4.78, 5) is 31.1. The second-order valence-corrected chi connectivity index (χ2v) is 16.1. The number of carbonyl (C=O) groups is 1.